The first-order valence-corrected chi connectivity index (χ1v) is 6.06. The number of aromatic nitrogens is 2. The molecule has 8 nitrogen and oxygen atoms in total. The molecule has 0 aliphatic heterocycles. The van der Waals surface area contributed by atoms with Gasteiger partial charge in [0.1, 0.15) is 12.4 Å². The number of nitrogens with zero attached hydrogens (tertiary/aromatic N) is 3. The van der Waals surface area contributed by atoms with Gasteiger partial charge < -0.3 is 10.4 Å². The molecule has 21 heavy (non-hydrogen) atoms. The summed E-state index contributed by atoms with van der Waals surface area (Å²) in [5.74, 6) is -1.19. The summed E-state index contributed by atoms with van der Waals surface area (Å²) < 4.78 is 0. The summed E-state index contributed by atoms with van der Waals surface area (Å²) in [6.07, 6.45) is 1.98. The van der Waals surface area contributed by atoms with Crippen molar-refractivity contribution >= 4 is 29.2 Å². The van der Waals surface area contributed by atoms with E-state index in [2.05, 4.69) is 15.3 Å². The lowest BCUT2D eigenvalue weighted by Gasteiger charge is -2.14. The minimum atomic E-state index is -1.15. The van der Waals surface area contributed by atoms with E-state index in [0.717, 1.165) is 12.4 Å². The maximum atomic E-state index is 11.3. The van der Waals surface area contributed by atoms with Crippen molar-refractivity contribution in [2.75, 3.05) is 5.32 Å². The van der Waals surface area contributed by atoms with Crippen molar-refractivity contribution in [1.29, 1.82) is 0 Å². The number of hydrogen-bond donors (Lipinski definition) is 2. The molecule has 0 saturated carbocycles. The van der Waals surface area contributed by atoms with Crippen molar-refractivity contribution in [2.45, 2.75) is 6.04 Å². The second kappa shape index (κ2) is 6.14. The van der Waals surface area contributed by atoms with Crippen LogP contribution in [0.5, 0.6) is 0 Å². The molecule has 2 rings (SSSR count). The number of carboxylic acids is 1. The molecular weight excluding hydrogens is 300 g/mol. The van der Waals surface area contributed by atoms with E-state index in [1.807, 2.05) is 0 Å². The molecule has 9 heteroatoms. The molecule has 2 aromatic rings. The molecule has 1 atom stereocenters. The van der Waals surface area contributed by atoms with Crippen molar-refractivity contribution in [2.24, 2.45) is 0 Å². The second-order valence-electron chi connectivity index (χ2n) is 3.99. The summed E-state index contributed by atoms with van der Waals surface area (Å²) in [5, 5.41) is 22.7. The van der Waals surface area contributed by atoms with Gasteiger partial charge in [0, 0.05) is 5.02 Å². The SMILES string of the molecule is O=C(O)C(Nc1ncc([N+](=O)[O-])cn1)c1cccc(Cl)c1. The van der Waals surface area contributed by atoms with E-state index in [1.54, 1.807) is 18.2 Å². The van der Waals surface area contributed by atoms with E-state index in [9.17, 15) is 20.0 Å². The molecule has 0 amide bonds. The Bertz CT molecular complexity index is 677. The third-order valence-corrected chi connectivity index (χ3v) is 2.79. The quantitative estimate of drug-likeness (QED) is 0.642. The number of carboxylic acid groups (broad SMARTS) is 1. The number of anilines is 1. The monoisotopic (exact) mass is 308 g/mol. The molecule has 1 aromatic carbocycles. The average molecular weight is 309 g/mol. The van der Waals surface area contributed by atoms with Crippen LogP contribution in [-0.4, -0.2) is 26.0 Å². The number of benzene rings is 1. The molecular formula is C12H9ClN4O4. The zero-order valence-electron chi connectivity index (χ0n) is 10.4. The molecule has 1 unspecified atom stereocenters. The van der Waals surface area contributed by atoms with Crippen LogP contribution in [0.25, 0.3) is 0 Å². The number of rotatable bonds is 5. The lowest BCUT2D eigenvalue weighted by Crippen LogP contribution is -2.21. The Morgan fingerprint density at radius 3 is 2.57 bits per heavy atom. The molecule has 0 spiro atoms. The minimum absolute atomic E-state index is 0.0343. The maximum Gasteiger partial charge on any atom is 0.330 e. The van der Waals surface area contributed by atoms with Gasteiger partial charge in [0.2, 0.25) is 5.95 Å². The van der Waals surface area contributed by atoms with E-state index < -0.39 is 16.9 Å². The summed E-state index contributed by atoms with van der Waals surface area (Å²) in [5.41, 5.74) is 0.132. The van der Waals surface area contributed by atoms with Crippen molar-refractivity contribution in [1.82, 2.24) is 9.97 Å². The highest BCUT2D eigenvalue weighted by molar-refractivity contribution is 6.30. The van der Waals surface area contributed by atoms with Gasteiger partial charge in [-0.3, -0.25) is 10.1 Å². The van der Waals surface area contributed by atoms with Crippen LogP contribution < -0.4 is 5.32 Å². The number of aliphatic carboxylic acids is 1. The van der Waals surface area contributed by atoms with Crippen LogP contribution in [0.1, 0.15) is 11.6 Å². The van der Waals surface area contributed by atoms with Crippen molar-refractivity contribution < 1.29 is 14.8 Å². The highest BCUT2D eigenvalue weighted by atomic mass is 35.5. The summed E-state index contributed by atoms with van der Waals surface area (Å²) in [4.78, 5) is 28.6. The zero-order valence-corrected chi connectivity index (χ0v) is 11.2. The average Bonchev–Trinajstić information content (AvgIpc) is 2.45. The first-order valence-electron chi connectivity index (χ1n) is 5.68. The number of nitro groups is 1. The van der Waals surface area contributed by atoms with E-state index in [4.69, 9.17) is 11.6 Å². The Labute approximate surface area is 123 Å². The minimum Gasteiger partial charge on any atom is -0.479 e. The Kier molecular flexibility index (Phi) is 4.29. The van der Waals surface area contributed by atoms with Gasteiger partial charge in [-0.25, -0.2) is 14.8 Å². The fourth-order valence-corrected chi connectivity index (χ4v) is 1.79. The second-order valence-corrected chi connectivity index (χ2v) is 4.43. The molecule has 0 saturated heterocycles. The summed E-state index contributed by atoms with van der Waals surface area (Å²) in [6, 6.07) is 5.20. The molecule has 0 bridgehead atoms. The first-order chi connectivity index (χ1) is 9.97. The smallest absolute Gasteiger partial charge is 0.330 e. The van der Waals surface area contributed by atoms with Crippen LogP contribution in [0.4, 0.5) is 11.6 Å². The van der Waals surface area contributed by atoms with E-state index in [1.165, 1.54) is 6.07 Å². The number of carbonyl (C=O) groups is 1. The van der Waals surface area contributed by atoms with E-state index in [-0.39, 0.29) is 11.6 Å². The molecule has 2 N–H and O–H groups in total. The number of nitrogens with one attached hydrogen (secondary N) is 1. The van der Waals surface area contributed by atoms with Gasteiger partial charge in [-0.15, -0.1) is 0 Å². The Balaban J connectivity index is 2.24. The van der Waals surface area contributed by atoms with Crippen LogP contribution in [0, 0.1) is 10.1 Å². The highest BCUT2D eigenvalue weighted by Crippen LogP contribution is 2.21. The maximum absolute atomic E-state index is 11.3. The van der Waals surface area contributed by atoms with Crippen molar-refractivity contribution in [3.8, 4) is 0 Å². The summed E-state index contributed by atoms with van der Waals surface area (Å²) in [6.45, 7) is 0. The van der Waals surface area contributed by atoms with Gasteiger partial charge in [0.05, 0.1) is 4.92 Å². The number of hydrogen-bond acceptors (Lipinski definition) is 6. The fourth-order valence-electron chi connectivity index (χ4n) is 1.59. The summed E-state index contributed by atoms with van der Waals surface area (Å²) >= 11 is 5.83. The molecule has 0 radical (unpaired) electrons. The standard InChI is InChI=1S/C12H9ClN4O4/c13-8-3-1-2-7(4-8)10(11(18)19)16-12-14-5-9(6-15-12)17(20)21/h1-6,10H,(H,18,19)(H,14,15,16). The third-order valence-electron chi connectivity index (χ3n) is 2.55. The van der Waals surface area contributed by atoms with Crippen LogP contribution in [-0.2, 0) is 4.79 Å². The highest BCUT2D eigenvalue weighted by Gasteiger charge is 2.21. The molecule has 1 heterocycles. The first kappa shape index (κ1) is 14.7. The third kappa shape index (κ3) is 3.63. The Hall–Kier alpha value is -2.74. The van der Waals surface area contributed by atoms with E-state index >= 15 is 0 Å². The van der Waals surface area contributed by atoms with Gasteiger partial charge >= 0.3 is 11.7 Å². The fraction of sp³-hybridized carbons (Fsp3) is 0.0833. The molecule has 0 aliphatic carbocycles. The van der Waals surface area contributed by atoms with Crippen LogP contribution in [0.3, 0.4) is 0 Å². The van der Waals surface area contributed by atoms with Crippen LogP contribution >= 0.6 is 11.6 Å². The van der Waals surface area contributed by atoms with Gasteiger partial charge in [0.15, 0.2) is 6.04 Å². The van der Waals surface area contributed by atoms with E-state index in [0.29, 0.717) is 10.6 Å². The topological polar surface area (TPSA) is 118 Å². The predicted molar refractivity (Wildman–Crippen MR) is 74.1 cm³/mol. The zero-order chi connectivity index (χ0) is 15.4. The van der Waals surface area contributed by atoms with Crippen molar-refractivity contribution in [3.05, 3.63) is 57.4 Å². The van der Waals surface area contributed by atoms with Gasteiger partial charge in [-0.2, -0.15) is 0 Å². The number of halogens is 1. The normalized spacial score (nSPS) is 11.7. The lowest BCUT2D eigenvalue weighted by atomic mass is 10.1. The lowest BCUT2D eigenvalue weighted by molar-refractivity contribution is -0.385. The van der Waals surface area contributed by atoms with Gasteiger partial charge in [0.25, 0.3) is 0 Å². The largest absolute Gasteiger partial charge is 0.479 e. The Morgan fingerprint density at radius 2 is 2.05 bits per heavy atom. The summed E-state index contributed by atoms with van der Waals surface area (Å²) in [7, 11) is 0. The Morgan fingerprint density at radius 1 is 1.38 bits per heavy atom. The molecule has 1 aromatic heterocycles. The molecule has 0 aliphatic rings. The predicted octanol–water partition coefficient (Wildman–Crippen LogP) is 2.28. The van der Waals surface area contributed by atoms with Crippen LogP contribution in [0.2, 0.25) is 5.02 Å². The van der Waals surface area contributed by atoms with Gasteiger partial charge in [-0.05, 0) is 17.7 Å². The van der Waals surface area contributed by atoms with Crippen LogP contribution in [0.15, 0.2) is 36.7 Å². The van der Waals surface area contributed by atoms with Crippen molar-refractivity contribution in [3.63, 3.8) is 0 Å². The molecule has 108 valence electrons. The molecule has 0 fully saturated rings. The van der Waals surface area contributed by atoms with Gasteiger partial charge in [-0.1, -0.05) is 23.7 Å².